The molecular formula is C18H20N2O2. The van der Waals surface area contributed by atoms with E-state index in [4.69, 9.17) is 5.73 Å². The van der Waals surface area contributed by atoms with E-state index < -0.39 is 0 Å². The fraction of sp³-hybridized carbons (Fsp3) is 0.222. The van der Waals surface area contributed by atoms with Crippen molar-refractivity contribution in [3.05, 3.63) is 71.8 Å². The van der Waals surface area contributed by atoms with Crippen LogP contribution < -0.4 is 11.1 Å². The van der Waals surface area contributed by atoms with Crippen molar-refractivity contribution in [2.45, 2.75) is 18.9 Å². The monoisotopic (exact) mass is 296 g/mol. The number of carbonyl (C=O) groups is 2. The lowest BCUT2D eigenvalue weighted by molar-refractivity contribution is -0.118. The number of Topliss-reactive ketones (excluding diaryl/α,β-unsaturated/α-hetero) is 1. The van der Waals surface area contributed by atoms with Crippen molar-refractivity contribution >= 4 is 11.7 Å². The van der Waals surface area contributed by atoms with Gasteiger partial charge in [0.25, 0.3) is 0 Å². The van der Waals surface area contributed by atoms with Gasteiger partial charge in [0.05, 0.1) is 6.54 Å². The lowest BCUT2D eigenvalue weighted by atomic mass is 10.0. The van der Waals surface area contributed by atoms with Crippen molar-refractivity contribution in [2.75, 3.05) is 6.54 Å². The van der Waals surface area contributed by atoms with Gasteiger partial charge in [-0.1, -0.05) is 60.7 Å². The van der Waals surface area contributed by atoms with E-state index in [1.807, 2.05) is 48.5 Å². The topological polar surface area (TPSA) is 72.2 Å². The van der Waals surface area contributed by atoms with Crippen molar-refractivity contribution in [2.24, 2.45) is 5.73 Å². The van der Waals surface area contributed by atoms with Crippen molar-refractivity contribution < 1.29 is 9.59 Å². The van der Waals surface area contributed by atoms with Crippen LogP contribution in [0, 0.1) is 0 Å². The van der Waals surface area contributed by atoms with Crippen LogP contribution in [0.3, 0.4) is 0 Å². The van der Waals surface area contributed by atoms with Gasteiger partial charge in [-0.3, -0.25) is 9.59 Å². The quantitative estimate of drug-likeness (QED) is 0.731. The Hall–Kier alpha value is -2.46. The highest BCUT2D eigenvalue weighted by Crippen LogP contribution is 2.06. The number of rotatable bonds is 8. The number of nitrogens with two attached hydrogens (primary N) is 1. The molecule has 2 aromatic rings. The van der Waals surface area contributed by atoms with Crippen LogP contribution >= 0.6 is 0 Å². The van der Waals surface area contributed by atoms with E-state index in [-0.39, 0.29) is 30.7 Å². The summed E-state index contributed by atoms with van der Waals surface area (Å²) in [5.41, 5.74) is 7.07. The van der Waals surface area contributed by atoms with Gasteiger partial charge < -0.3 is 11.1 Å². The molecule has 0 spiro atoms. The molecule has 114 valence electrons. The standard InChI is InChI=1S/C18H20N2O2/c19-18(22)12-16(11-14-7-3-1-4-8-14)20-13-17(21)15-9-5-2-6-10-15/h1-10,16,20H,11-13H2,(H2,19,22). The Bertz CT molecular complexity index is 611. The first-order valence-electron chi connectivity index (χ1n) is 7.29. The molecule has 0 heterocycles. The summed E-state index contributed by atoms with van der Waals surface area (Å²) in [6, 6.07) is 18.8. The number of benzene rings is 2. The molecule has 0 saturated carbocycles. The maximum absolute atomic E-state index is 12.1. The number of nitrogens with one attached hydrogen (secondary N) is 1. The third-order valence-electron chi connectivity index (χ3n) is 3.42. The molecule has 22 heavy (non-hydrogen) atoms. The summed E-state index contributed by atoms with van der Waals surface area (Å²) >= 11 is 0. The third kappa shape index (κ3) is 5.14. The van der Waals surface area contributed by atoms with E-state index in [0.717, 1.165) is 5.56 Å². The minimum absolute atomic E-state index is 0.00290. The minimum atomic E-state index is -0.374. The molecule has 0 bridgehead atoms. The number of primary amides is 1. The van der Waals surface area contributed by atoms with Gasteiger partial charge in [0.1, 0.15) is 0 Å². The molecule has 0 aliphatic carbocycles. The van der Waals surface area contributed by atoms with Gasteiger partial charge in [-0.25, -0.2) is 0 Å². The molecule has 1 unspecified atom stereocenters. The Balaban J connectivity index is 1.95. The van der Waals surface area contributed by atoms with Gasteiger partial charge in [-0.05, 0) is 12.0 Å². The van der Waals surface area contributed by atoms with Crippen LogP contribution in [0.2, 0.25) is 0 Å². The summed E-state index contributed by atoms with van der Waals surface area (Å²) in [6.07, 6.45) is 0.864. The highest BCUT2D eigenvalue weighted by atomic mass is 16.1. The largest absolute Gasteiger partial charge is 0.370 e. The van der Waals surface area contributed by atoms with Crippen LogP contribution in [-0.2, 0) is 11.2 Å². The highest BCUT2D eigenvalue weighted by Gasteiger charge is 2.14. The SMILES string of the molecule is NC(=O)CC(Cc1ccccc1)NCC(=O)c1ccccc1. The second kappa shape index (κ2) is 8.10. The van der Waals surface area contributed by atoms with Crippen LogP contribution in [0.25, 0.3) is 0 Å². The van der Waals surface area contributed by atoms with Gasteiger partial charge in [-0.15, -0.1) is 0 Å². The molecule has 1 atom stereocenters. The predicted molar refractivity (Wildman–Crippen MR) is 86.5 cm³/mol. The molecule has 1 amide bonds. The van der Waals surface area contributed by atoms with Crippen LogP contribution in [0.15, 0.2) is 60.7 Å². The average Bonchev–Trinajstić information content (AvgIpc) is 2.53. The van der Waals surface area contributed by atoms with Crippen molar-refractivity contribution in [1.82, 2.24) is 5.32 Å². The lowest BCUT2D eigenvalue weighted by Gasteiger charge is -2.17. The van der Waals surface area contributed by atoms with Gasteiger partial charge in [0, 0.05) is 18.0 Å². The number of hydrogen-bond acceptors (Lipinski definition) is 3. The van der Waals surface area contributed by atoms with E-state index >= 15 is 0 Å². The van der Waals surface area contributed by atoms with E-state index in [0.29, 0.717) is 12.0 Å². The van der Waals surface area contributed by atoms with Gasteiger partial charge in [0.2, 0.25) is 5.91 Å². The van der Waals surface area contributed by atoms with E-state index in [1.165, 1.54) is 0 Å². The molecule has 3 N–H and O–H groups in total. The summed E-state index contributed by atoms with van der Waals surface area (Å²) in [5, 5.41) is 3.15. The molecule has 0 saturated heterocycles. The predicted octanol–water partition coefficient (Wildman–Crippen LogP) is 1.95. The van der Waals surface area contributed by atoms with Crippen molar-refractivity contribution in [1.29, 1.82) is 0 Å². The Morgan fingerprint density at radius 1 is 0.955 bits per heavy atom. The summed E-state index contributed by atoms with van der Waals surface area (Å²) in [6.45, 7) is 0.189. The lowest BCUT2D eigenvalue weighted by Crippen LogP contribution is -2.38. The number of carbonyl (C=O) groups excluding carboxylic acids is 2. The number of hydrogen-bond donors (Lipinski definition) is 2. The Kier molecular flexibility index (Phi) is 5.86. The zero-order valence-corrected chi connectivity index (χ0v) is 12.4. The van der Waals surface area contributed by atoms with Crippen LogP contribution in [0.4, 0.5) is 0 Å². The molecule has 0 radical (unpaired) electrons. The third-order valence-corrected chi connectivity index (χ3v) is 3.42. The Morgan fingerprint density at radius 2 is 1.55 bits per heavy atom. The minimum Gasteiger partial charge on any atom is -0.370 e. The fourth-order valence-electron chi connectivity index (χ4n) is 2.32. The molecule has 0 aliphatic rings. The first-order valence-corrected chi connectivity index (χ1v) is 7.29. The van der Waals surface area contributed by atoms with Crippen LogP contribution in [0.1, 0.15) is 22.3 Å². The Morgan fingerprint density at radius 3 is 2.14 bits per heavy atom. The van der Waals surface area contributed by atoms with Crippen LogP contribution in [-0.4, -0.2) is 24.3 Å². The van der Waals surface area contributed by atoms with E-state index in [9.17, 15) is 9.59 Å². The van der Waals surface area contributed by atoms with Gasteiger partial charge in [0.15, 0.2) is 5.78 Å². The van der Waals surface area contributed by atoms with Gasteiger partial charge in [-0.2, -0.15) is 0 Å². The molecule has 2 aromatic carbocycles. The second-order valence-electron chi connectivity index (χ2n) is 5.23. The molecule has 4 heteroatoms. The highest BCUT2D eigenvalue weighted by molar-refractivity contribution is 5.97. The average molecular weight is 296 g/mol. The van der Waals surface area contributed by atoms with Gasteiger partial charge >= 0.3 is 0 Å². The molecule has 2 rings (SSSR count). The smallest absolute Gasteiger partial charge is 0.218 e. The maximum atomic E-state index is 12.1. The molecule has 0 fully saturated rings. The van der Waals surface area contributed by atoms with E-state index in [1.54, 1.807) is 12.1 Å². The molecule has 0 aromatic heterocycles. The molecule has 0 aliphatic heterocycles. The summed E-state index contributed by atoms with van der Waals surface area (Å²) < 4.78 is 0. The zero-order valence-electron chi connectivity index (χ0n) is 12.4. The summed E-state index contributed by atoms with van der Waals surface area (Å²) in [7, 11) is 0. The first kappa shape index (κ1) is 15.9. The zero-order chi connectivity index (χ0) is 15.8. The van der Waals surface area contributed by atoms with Crippen LogP contribution in [0.5, 0.6) is 0 Å². The number of amides is 1. The normalized spacial score (nSPS) is 11.8. The molecular weight excluding hydrogens is 276 g/mol. The number of ketones is 1. The van der Waals surface area contributed by atoms with Crippen molar-refractivity contribution in [3.63, 3.8) is 0 Å². The fourth-order valence-corrected chi connectivity index (χ4v) is 2.32. The molecule has 4 nitrogen and oxygen atoms in total. The Labute approximate surface area is 130 Å². The summed E-state index contributed by atoms with van der Waals surface area (Å²) in [5.74, 6) is -0.372. The summed E-state index contributed by atoms with van der Waals surface area (Å²) in [4.78, 5) is 23.3. The second-order valence-corrected chi connectivity index (χ2v) is 5.23. The van der Waals surface area contributed by atoms with Crippen molar-refractivity contribution in [3.8, 4) is 0 Å². The first-order chi connectivity index (χ1) is 10.6. The maximum Gasteiger partial charge on any atom is 0.218 e. The van der Waals surface area contributed by atoms with E-state index in [2.05, 4.69) is 5.32 Å².